The number of carbonyl (C=O) groups is 1. The number of nitrogens with zero attached hydrogens (tertiary/aromatic N) is 2. The first-order chi connectivity index (χ1) is 9.06. The molecule has 0 saturated carbocycles. The van der Waals surface area contributed by atoms with Crippen molar-refractivity contribution in [3.8, 4) is 0 Å². The fourth-order valence-corrected chi connectivity index (χ4v) is 1.91. The molecule has 100 valence electrons. The van der Waals surface area contributed by atoms with Crippen LogP contribution in [0.2, 0.25) is 5.02 Å². The summed E-state index contributed by atoms with van der Waals surface area (Å²) in [7, 11) is 0. The summed E-state index contributed by atoms with van der Waals surface area (Å²) in [4.78, 5) is 16.0. The Morgan fingerprint density at radius 1 is 1.58 bits per heavy atom. The number of rotatable bonds is 4. The second kappa shape index (κ2) is 5.75. The van der Waals surface area contributed by atoms with E-state index in [1.54, 1.807) is 30.7 Å². The number of carbonyl (C=O) groups excluding carboxylic acids is 1. The van der Waals surface area contributed by atoms with Gasteiger partial charge in [0.2, 0.25) is 0 Å². The zero-order valence-corrected chi connectivity index (χ0v) is 11.3. The molecule has 0 radical (unpaired) electrons. The molecule has 19 heavy (non-hydrogen) atoms. The highest BCUT2D eigenvalue weighted by Crippen LogP contribution is 2.19. The van der Waals surface area contributed by atoms with Gasteiger partial charge in [-0.2, -0.15) is 0 Å². The van der Waals surface area contributed by atoms with Gasteiger partial charge in [0.1, 0.15) is 0 Å². The molecule has 0 saturated heterocycles. The van der Waals surface area contributed by atoms with Crippen molar-refractivity contribution < 1.29 is 4.79 Å². The van der Waals surface area contributed by atoms with Gasteiger partial charge in [0, 0.05) is 30.5 Å². The predicted octanol–water partition coefficient (Wildman–Crippen LogP) is 1.94. The van der Waals surface area contributed by atoms with Crippen LogP contribution in [0.15, 0.2) is 36.9 Å². The molecule has 0 fully saturated rings. The number of anilines is 1. The minimum absolute atomic E-state index is 0.0157. The highest BCUT2D eigenvalue weighted by molar-refractivity contribution is 6.33. The minimum atomic E-state index is -0.172. The van der Waals surface area contributed by atoms with Crippen molar-refractivity contribution >= 4 is 23.2 Å². The van der Waals surface area contributed by atoms with Crippen LogP contribution in [-0.4, -0.2) is 21.5 Å². The highest BCUT2D eigenvalue weighted by Gasteiger charge is 2.11. The minimum Gasteiger partial charge on any atom is -0.398 e. The van der Waals surface area contributed by atoms with Crippen molar-refractivity contribution in [2.24, 2.45) is 0 Å². The smallest absolute Gasteiger partial charge is 0.251 e. The molecule has 6 heteroatoms. The molecule has 0 aliphatic carbocycles. The van der Waals surface area contributed by atoms with Gasteiger partial charge in [-0.1, -0.05) is 11.6 Å². The molecule has 1 unspecified atom stereocenters. The topological polar surface area (TPSA) is 72.9 Å². The van der Waals surface area contributed by atoms with E-state index in [4.69, 9.17) is 17.3 Å². The van der Waals surface area contributed by atoms with Crippen molar-refractivity contribution in [1.82, 2.24) is 14.9 Å². The Kier molecular flexibility index (Phi) is 4.06. The van der Waals surface area contributed by atoms with Gasteiger partial charge in [-0.15, -0.1) is 0 Å². The molecule has 1 aromatic carbocycles. The van der Waals surface area contributed by atoms with Crippen molar-refractivity contribution in [2.75, 3.05) is 5.73 Å². The van der Waals surface area contributed by atoms with Crippen LogP contribution in [0.1, 0.15) is 17.3 Å². The van der Waals surface area contributed by atoms with Crippen LogP contribution >= 0.6 is 11.6 Å². The lowest BCUT2D eigenvalue weighted by Gasteiger charge is -2.14. The van der Waals surface area contributed by atoms with Gasteiger partial charge in [-0.3, -0.25) is 4.79 Å². The molecule has 2 rings (SSSR count). The maximum atomic E-state index is 12.0. The van der Waals surface area contributed by atoms with E-state index in [2.05, 4.69) is 10.3 Å². The molecule has 3 N–H and O–H groups in total. The Morgan fingerprint density at radius 2 is 2.37 bits per heavy atom. The molecule has 2 aromatic rings. The Hall–Kier alpha value is -2.01. The third-order valence-electron chi connectivity index (χ3n) is 2.68. The summed E-state index contributed by atoms with van der Waals surface area (Å²) in [5, 5.41) is 3.28. The fraction of sp³-hybridized carbons (Fsp3) is 0.231. The normalized spacial score (nSPS) is 12.1. The van der Waals surface area contributed by atoms with Crippen LogP contribution < -0.4 is 11.1 Å². The average molecular weight is 279 g/mol. The lowest BCUT2D eigenvalue weighted by molar-refractivity contribution is 0.0936. The van der Waals surface area contributed by atoms with Crippen LogP contribution in [0.5, 0.6) is 0 Å². The van der Waals surface area contributed by atoms with Crippen LogP contribution in [0.4, 0.5) is 5.69 Å². The van der Waals surface area contributed by atoms with Gasteiger partial charge in [0.15, 0.2) is 0 Å². The van der Waals surface area contributed by atoms with E-state index in [9.17, 15) is 4.79 Å². The number of benzene rings is 1. The van der Waals surface area contributed by atoms with Crippen molar-refractivity contribution in [3.63, 3.8) is 0 Å². The van der Waals surface area contributed by atoms with Gasteiger partial charge in [-0.25, -0.2) is 4.98 Å². The Morgan fingerprint density at radius 3 is 3.00 bits per heavy atom. The number of imidazole rings is 1. The molecule has 0 spiro atoms. The first kappa shape index (κ1) is 13.4. The Bertz CT molecular complexity index is 568. The van der Waals surface area contributed by atoms with Crippen molar-refractivity contribution in [3.05, 3.63) is 47.5 Å². The first-order valence-corrected chi connectivity index (χ1v) is 6.25. The molecule has 1 atom stereocenters. The fourth-order valence-electron chi connectivity index (χ4n) is 1.73. The summed E-state index contributed by atoms with van der Waals surface area (Å²) < 4.78 is 1.90. The van der Waals surface area contributed by atoms with E-state index in [-0.39, 0.29) is 11.9 Å². The van der Waals surface area contributed by atoms with E-state index < -0.39 is 0 Å². The van der Waals surface area contributed by atoms with Crippen LogP contribution in [-0.2, 0) is 6.54 Å². The van der Waals surface area contributed by atoms with Gasteiger partial charge in [0.05, 0.1) is 17.0 Å². The molecule has 0 aliphatic heterocycles. The van der Waals surface area contributed by atoms with E-state index >= 15 is 0 Å². The lowest BCUT2D eigenvalue weighted by Crippen LogP contribution is -2.35. The molecular formula is C13H15ClN4O. The third-order valence-corrected chi connectivity index (χ3v) is 3.01. The second-order valence-corrected chi connectivity index (χ2v) is 4.78. The lowest BCUT2D eigenvalue weighted by atomic mass is 10.2. The maximum absolute atomic E-state index is 12.0. The number of aromatic nitrogens is 2. The monoisotopic (exact) mass is 278 g/mol. The SMILES string of the molecule is CC(Cn1ccnc1)NC(=O)c1ccc(N)c(Cl)c1. The zero-order valence-electron chi connectivity index (χ0n) is 10.5. The number of hydrogen-bond acceptors (Lipinski definition) is 3. The van der Waals surface area contributed by atoms with E-state index in [0.29, 0.717) is 22.8 Å². The first-order valence-electron chi connectivity index (χ1n) is 5.88. The molecule has 1 aromatic heterocycles. The average Bonchev–Trinajstić information content (AvgIpc) is 2.85. The maximum Gasteiger partial charge on any atom is 0.251 e. The summed E-state index contributed by atoms with van der Waals surface area (Å²) >= 11 is 5.89. The van der Waals surface area contributed by atoms with Crippen LogP contribution in [0.25, 0.3) is 0 Å². The third kappa shape index (κ3) is 3.48. The summed E-state index contributed by atoms with van der Waals surface area (Å²) in [5.41, 5.74) is 6.57. The largest absolute Gasteiger partial charge is 0.398 e. The molecule has 1 amide bonds. The summed E-state index contributed by atoms with van der Waals surface area (Å²) in [5.74, 6) is -0.172. The zero-order chi connectivity index (χ0) is 13.8. The van der Waals surface area contributed by atoms with Gasteiger partial charge in [-0.05, 0) is 25.1 Å². The number of nitrogens with two attached hydrogens (primary N) is 1. The summed E-state index contributed by atoms with van der Waals surface area (Å²) in [6.07, 6.45) is 5.26. The molecular weight excluding hydrogens is 264 g/mol. The standard InChI is InChI=1S/C13H15ClN4O/c1-9(7-18-5-4-16-8-18)17-13(19)10-2-3-12(15)11(14)6-10/h2-6,8-9H,7,15H2,1H3,(H,17,19). The van der Waals surface area contributed by atoms with Crippen LogP contribution in [0, 0.1) is 0 Å². The molecule has 0 aliphatic rings. The quantitative estimate of drug-likeness (QED) is 0.840. The van der Waals surface area contributed by atoms with E-state index in [1.165, 1.54) is 0 Å². The Labute approximate surface area is 116 Å². The van der Waals surface area contributed by atoms with E-state index in [1.807, 2.05) is 17.7 Å². The number of nitrogen functional groups attached to an aromatic ring is 1. The number of hydrogen-bond donors (Lipinski definition) is 2. The van der Waals surface area contributed by atoms with Gasteiger partial charge in [0.25, 0.3) is 5.91 Å². The van der Waals surface area contributed by atoms with Crippen molar-refractivity contribution in [2.45, 2.75) is 19.5 Å². The predicted molar refractivity (Wildman–Crippen MR) is 75.0 cm³/mol. The number of nitrogens with one attached hydrogen (secondary N) is 1. The number of halogens is 1. The second-order valence-electron chi connectivity index (χ2n) is 4.37. The molecule has 0 bridgehead atoms. The highest BCUT2D eigenvalue weighted by atomic mass is 35.5. The van der Waals surface area contributed by atoms with E-state index in [0.717, 1.165) is 0 Å². The van der Waals surface area contributed by atoms with Crippen molar-refractivity contribution in [1.29, 1.82) is 0 Å². The molecule has 1 heterocycles. The molecule has 5 nitrogen and oxygen atoms in total. The van der Waals surface area contributed by atoms with Gasteiger partial charge < -0.3 is 15.6 Å². The Balaban J connectivity index is 1.98. The van der Waals surface area contributed by atoms with Gasteiger partial charge >= 0.3 is 0 Å². The van der Waals surface area contributed by atoms with Crippen LogP contribution in [0.3, 0.4) is 0 Å². The number of amides is 1. The summed E-state index contributed by atoms with van der Waals surface area (Å²) in [6, 6.07) is 4.83. The summed E-state index contributed by atoms with van der Waals surface area (Å²) in [6.45, 7) is 2.59.